The number of anilines is 1. The van der Waals surface area contributed by atoms with Gasteiger partial charge < -0.3 is 10.1 Å². The molecule has 25 heavy (non-hydrogen) atoms. The zero-order chi connectivity index (χ0) is 18.4. The molecular weight excluding hydrogens is 358 g/mol. The van der Waals surface area contributed by atoms with Crippen molar-refractivity contribution in [1.82, 2.24) is 0 Å². The highest BCUT2D eigenvalue weighted by Crippen LogP contribution is 2.28. The maximum Gasteiger partial charge on any atom is 0.338 e. The monoisotopic (exact) mass is 377 g/mol. The average molecular weight is 378 g/mol. The van der Waals surface area contributed by atoms with Crippen molar-refractivity contribution >= 4 is 40.9 Å². The minimum Gasteiger partial charge on any atom is -0.465 e. The number of methoxy groups -OCH3 is 1. The maximum atomic E-state index is 12.6. The number of halogens is 1. The molecule has 132 valence electrons. The van der Waals surface area contributed by atoms with Crippen LogP contribution in [0.4, 0.5) is 5.69 Å². The molecule has 4 nitrogen and oxygen atoms in total. The first-order chi connectivity index (χ1) is 12.0. The third-order valence-corrected chi connectivity index (χ3v) is 5.38. The second kappa shape index (κ2) is 8.92. The van der Waals surface area contributed by atoms with Crippen LogP contribution in [-0.2, 0) is 9.53 Å². The number of nitrogens with one attached hydrogen (secondary N) is 1. The van der Waals surface area contributed by atoms with E-state index in [1.54, 1.807) is 37.3 Å². The number of hydrogen-bond acceptors (Lipinski definition) is 4. The summed E-state index contributed by atoms with van der Waals surface area (Å²) >= 11 is 7.38. The second-order valence-electron chi connectivity index (χ2n) is 5.43. The van der Waals surface area contributed by atoms with Crippen molar-refractivity contribution in [3.05, 3.63) is 58.6 Å². The predicted octanol–water partition coefficient (Wildman–Crippen LogP) is 4.94. The molecule has 6 heteroatoms. The van der Waals surface area contributed by atoms with Crippen LogP contribution in [-0.4, -0.2) is 24.2 Å². The second-order valence-corrected chi connectivity index (χ2v) is 7.14. The first kappa shape index (κ1) is 19.3. The van der Waals surface area contributed by atoms with Crippen LogP contribution in [0.5, 0.6) is 0 Å². The van der Waals surface area contributed by atoms with Crippen molar-refractivity contribution in [3.8, 4) is 0 Å². The van der Waals surface area contributed by atoms with E-state index in [1.807, 2.05) is 19.1 Å². The highest BCUT2D eigenvalue weighted by molar-refractivity contribution is 8.00. The number of carbonyl (C=O) groups is 2. The Labute approximate surface area is 156 Å². The number of benzene rings is 2. The Hall–Kier alpha value is -1.98. The van der Waals surface area contributed by atoms with Crippen LogP contribution < -0.4 is 5.32 Å². The normalized spacial score (nSPS) is 11.7. The Kier molecular flexibility index (Phi) is 6.91. The van der Waals surface area contributed by atoms with Crippen LogP contribution in [0.2, 0.25) is 5.02 Å². The summed E-state index contributed by atoms with van der Waals surface area (Å²) in [5.74, 6) is -0.524. The van der Waals surface area contributed by atoms with Crippen molar-refractivity contribution in [2.45, 2.75) is 30.4 Å². The molecule has 0 saturated carbocycles. The highest BCUT2D eigenvalue weighted by Gasteiger charge is 2.20. The van der Waals surface area contributed by atoms with Gasteiger partial charge in [0.15, 0.2) is 0 Å². The van der Waals surface area contributed by atoms with Gasteiger partial charge in [-0.15, -0.1) is 11.8 Å². The molecule has 1 atom stereocenters. The molecule has 0 radical (unpaired) electrons. The van der Waals surface area contributed by atoms with Crippen LogP contribution >= 0.6 is 23.4 Å². The van der Waals surface area contributed by atoms with Gasteiger partial charge >= 0.3 is 5.97 Å². The molecule has 0 aliphatic carbocycles. The summed E-state index contributed by atoms with van der Waals surface area (Å²) in [6.45, 7) is 3.75. The standard InChI is InChI=1S/C19H20ClNO3S/c1-4-17(25-14-10-8-13(20)9-11-14)18(22)21-16-7-5-6-15(12(16)2)19(23)24-3/h5-11,17H,4H2,1-3H3,(H,21,22)/t17-/m1/s1. The van der Waals surface area contributed by atoms with Crippen LogP contribution in [0.1, 0.15) is 29.3 Å². The molecule has 0 aliphatic heterocycles. The number of carbonyl (C=O) groups excluding carboxylic acids is 2. The quantitative estimate of drug-likeness (QED) is 0.572. The van der Waals surface area contributed by atoms with E-state index < -0.39 is 5.97 Å². The molecule has 0 bridgehead atoms. The number of rotatable bonds is 6. The smallest absolute Gasteiger partial charge is 0.338 e. The van der Waals surface area contributed by atoms with Crippen LogP contribution in [0.25, 0.3) is 0 Å². The third-order valence-electron chi connectivity index (χ3n) is 3.75. The lowest BCUT2D eigenvalue weighted by Gasteiger charge is -2.17. The minimum atomic E-state index is -0.420. The Morgan fingerprint density at radius 3 is 2.48 bits per heavy atom. The topological polar surface area (TPSA) is 55.4 Å². The van der Waals surface area contributed by atoms with Gasteiger partial charge in [-0.05, 0) is 55.3 Å². The summed E-state index contributed by atoms with van der Waals surface area (Å²) in [6, 6.07) is 12.6. The molecule has 0 heterocycles. The van der Waals surface area contributed by atoms with Crippen molar-refractivity contribution in [2.24, 2.45) is 0 Å². The Bertz CT molecular complexity index is 762. The Morgan fingerprint density at radius 2 is 1.88 bits per heavy atom. The van der Waals surface area contributed by atoms with Gasteiger partial charge in [0.05, 0.1) is 17.9 Å². The van der Waals surface area contributed by atoms with Crippen molar-refractivity contribution in [3.63, 3.8) is 0 Å². The molecule has 0 fully saturated rings. The molecule has 0 aliphatic rings. The van der Waals surface area contributed by atoms with Gasteiger partial charge in [-0.3, -0.25) is 4.79 Å². The van der Waals surface area contributed by atoms with E-state index in [1.165, 1.54) is 18.9 Å². The summed E-state index contributed by atoms with van der Waals surface area (Å²) in [4.78, 5) is 25.4. The molecule has 1 amide bonds. The highest BCUT2D eigenvalue weighted by atomic mass is 35.5. The fourth-order valence-corrected chi connectivity index (χ4v) is 3.40. The summed E-state index contributed by atoms with van der Waals surface area (Å²) in [5, 5.41) is 3.33. The van der Waals surface area contributed by atoms with Crippen molar-refractivity contribution < 1.29 is 14.3 Å². The predicted molar refractivity (Wildman–Crippen MR) is 103 cm³/mol. The largest absolute Gasteiger partial charge is 0.465 e. The number of esters is 1. The van der Waals surface area contributed by atoms with Crippen LogP contribution in [0, 0.1) is 6.92 Å². The zero-order valence-electron chi connectivity index (χ0n) is 14.3. The summed E-state index contributed by atoms with van der Waals surface area (Å²) < 4.78 is 4.77. The number of ether oxygens (including phenoxy) is 1. The SMILES string of the molecule is CC[C@@H](Sc1ccc(Cl)cc1)C(=O)Nc1cccc(C(=O)OC)c1C. The zero-order valence-corrected chi connectivity index (χ0v) is 15.9. The molecule has 2 rings (SSSR count). The lowest BCUT2D eigenvalue weighted by molar-refractivity contribution is -0.115. The fourth-order valence-electron chi connectivity index (χ4n) is 2.32. The minimum absolute atomic E-state index is 0.104. The van der Waals surface area contributed by atoms with E-state index in [-0.39, 0.29) is 11.2 Å². The molecule has 1 N–H and O–H groups in total. The molecule has 0 unspecified atom stereocenters. The number of thioether (sulfide) groups is 1. The van der Waals surface area contributed by atoms with Gasteiger partial charge in [0, 0.05) is 15.6 Å². The Balaban J connectivity index is 2.14. The maximum absolute atomic E-state index is 12.6. The van der Waals surface area contributed by atoms with Crippen LogP contribution in [0.15, 0.2) is 47.4 Å². The van der Waals surface area contributed by atoms with E-state index in [4.69, 9.17) is 16.3 Å². The summed E-state index contributed by atoms with van der Waals surface area (Å²) in [6.07, 6.45) is 0.675. The molecule has 2 aromatic carbocycles. The van der Waals surface area contributed by atoms with Gasteiger partial charge in [0.1, 0.15) is 0 Å². The first-order valence-corrected chi connectivity index (χ1v) is 9.13. The molecular formula is C19H20ClNO3S. The molecule has 2 aromatic rings. The van der Waals surface area contributed by atoms with E-state index in [9.17, 15) is 9.59 Å². The fraction of sp³-hybridized carbons (Fsp3) is 0.263. The van der Waals surface area contributed by atoms with E-state index in [0.29, 0.717) is 28.3 Å². The van der Waals surface area contributed by atoms with E-state index >= 15 is 0 Å². The molecule has 0 aromatic heterocycles. The lowest BCUT2D eigenvalue weighted by atomic mass is 10.1. The number of hydrogen-bond donors (Lipinski definition) is 1. The van der Waals surface area contributed by atoms with Crippen LogP contribution in [0.3, 0.4) is 0 Å². The van der Waals surface area contributed by atoms with Gasteiger partial charge in [-0.2, -0.15) is 0 Å². The third kappa shape index (κ3) is 5.00. The van der Waals surface area contributed by atoms with Crippen molar-refractivity contribution in [2.75, 3.05) is 12.4 Å². The molecule has 0 spiro atoms. The van der Waals surface area contributed by atoms with E-state index in [2.05, 4.69) is 5.32 Å². The summed E-state index contributed by atoms with van der Waals surface area (Å²) in [5.41, 5.74) is 1.75. The Morgan fingerprint density at radius 1 is 1.20 bits per heavy atom. The first-order valence-electron chi connectivity index (χ1n) is 7.87. The summed E-state index contributed by atoms with van der Waals surface area (Å²) in [7, 11) is 1.34. The van der Waals surface area contributed by atoms with E-state index in [0.717, 1.165) is 4.90 Å². The average Bonchev–Trinajstić information content (AvgIpc) is 2.62. The van der Waals surface area contributed by atoms with Gasteiger partial charge in [-0.1, -0.05) is 24.6 Å². The van der Waals surface area contributed by atoms with Gasteiger partial charge in [0.2, 0.25) is 5.91 Å². The molecule has 0 saturated heterocycles. The number of amides is 1. The lowest BCUT2D eigenvalue weighted by Crippen LogP contribution is -2.25. The van der Waals surface area contributed by atoms with Gasteiger partial charge in [-0.25, -0.2) is 4.79 Å². The van der Waals surface area contributed by atoms with Gasteiger partial charge in [0.25, 0.3) is 0 Å². The van der Waals surface area contributed by atoms with Crippen molar-refractivity contribution in [1.29, 1.82) is 0 Å².